The third-order valence-corrected chi connectivity index (χ3v) is 9.74. The summed E-state index contributed by atoms with van der Waals surface area (Å²) in [4.78, 5) is 0. The van der Waals surface area contributed by atoms with E-state index in [1.54, 1.807) is 0 Å². The Morgan fingerprint density at radius 3 is 2.33 bits per heavy atom. The van der Waals surface area contributed by atoms with Crippen molar-refractivity contribution in [2.45, 2.75) is 24.1 Å². The predicted octanol–water partition coefficient (Wildman–Crippen LogP) is 5.49. The number of alkyl halides is 1. The molecule has 0 radical (unpaired) electrons. The molecule has 0 aliphatic carbocycles. The van der Waals surface area contributed by atoms with Crippen LogP contribution >= 0.6 is 15.9 Å². The summed E-state index contributed by atoms with van der Waals surface area (Å²) in [6.07, 6.45) is 0. The van der Waals surface area contributed by atoms with E-state index in [-0.39, 0.29) is 0 Å². The molecule has 0 spiro atoms. The van der Waals surface area contributed by atoms with Crippen LogP contribution in [-0.4, -0.2) is 12.5 Å². The topological polar surface area (TPSA) is 0 Å². The van der Waals surface area contributed by atoms with Crippen molar-refractivity contribution in [1.82, 2.24) is 0 Å². The second-order valence-electron chi connectivity index (χ2n) is 5.78. The molecule has 2 aromatic rings. The Bertz CT molecular complexity index is 576. The molecule has 0 saturated heterocycles. The lowest BCUT2D eigenvalue weighted by molar-refractivity contribution is 1.48. The van der Waals surface area contributed by atoms with Crippen LogP contribution in [0.25, 0.3) is 16.3 Å². The molecule has 0 aromatic heterocycles. The van der Waals surface area contributed by atoms with E-state index in [1.807, 2.05) is 0 Å². The van der Waals surface area contributed by atoms with Crippen molar-refractivity contribution in [2.75, 3.05) is 0 Å². The molecule has 0 saturated carbocycles. The quantitative estimate of drug-likeness (QED) is 0.518. The van der Waals surface area contributed by atoms with E-state index in [0.29, 0.717) is 4.45 Å². The first-order valence-electron chi connectivity index (χ1n) is 6.22. The fourth-order valence-electron chi connectivity index (χ4n) is 2.16. The van der Waals surface area contributed by atoms with Crippen LogP contribution in [0.4, 0.5) is 0 Å². The normalized spacial score (nSPS) is 13.6. The lowest BCUT2D eigenvalue weighted by Crippen LogP contribution is -2.34. The van der Waals surface area contributed by atoms with Gasteiger partial charge in [0, 0.05) is 4.45 Å². The third kappa shape index (κ3) is 2.60. The lowest BCUT2D eigenvalue weighted by atomic mass is 10.0. The van der Waals surface area contributed by atoms with Crippen molar-refractivity contribution >= 4 is 40.3 Å². The molecule has 2 heteroatoms. The van der Waals surface area contributed by atoms with Crippen LogP contribution in [0.1, 0.15) is 5.56 Å². The molecule has 0 amide bonds. The van der Waals surface area contributed by atoms with Gasteiger partial charge in [-0.2, -0.15) is 0 Å². The van der Waals surface area contributed by atoms with Gasteiger partial charge in [0.2, 0.25) is 0 Å². The summed E-state index contributed by atoms with van der Waals surface area (Å²) in [5.74, 6) is 0. The summed E-state index contributed by atoms with van der Waals surface area (Å²) < 4.78 is 0.413. The van der Waals surface area contributed by atoms with Gasteiger partial charge in [0.15, 0.2) is 0 Å². The molecule has 94 valence electrons. The van der Waals surface area contributed by atoms with E-state index in [0.717, 1.165) is 0 Å². The zero-order valence-electron chi connectivity index (χ0n) is 11.2. The standard InChI is InChI=1S/C16H19BrSi/c1-12(16(17)18(2,3)4)14-11-7-9-13-8-5-6-10-15(13)14/h5-11,16H,1H2,2-4H3. The number of hydrogen-bond donors (Lipinski definition) is 0. The summed E-state index contributed by atoms with van der Waals surface area (Å²) in [7, 11) is -1.28. The first-order chi connectivity index (χ1) is 8.41. The van der Waals surface area contributed by atoms with Crippen molar-refractivity contribution < 1.29 is 0 Å². The van der Waals surface area contributed by atoms with Gasteiger partial charge in [-0.15, -0.1) is 0 Å². The van der Waals surface area contributed by atoms with Gasteiger partial charge in [-0.3, -0.25) is 0 Å². The molecule has 1 unspecified atom stereocenters. The van der Waals surface area contributed by atoms with E-state index in [1.165, 1.54) is 21.9 Å². The smallest absolute Gasteiger partial charge is 0.0651 e. The minimum absolute atomic E-state index is 0.413. The minimum atomic E-state index is -1.28. The second-order valence-corrected chi connectivity index (χ2v) is 12.9. The number of allylic oxidation sites excluding steroid dienone is 1. The van der Waals surface area contributed by atoms with Gasteiger partial charge in [-0.1, -0.05) is 84.6 Å². The van der Waals surface area contributed by atoms with Gasteiger partial charge in [0.25, 0.3) is 0 Å². The first kappa shape index (κ1) is 13.6. The Kier molecular flexibility index (Phi) is 3.78. The van der Waals surface area contributed by atoms with Crippen molar-refractivity contribution in [1.29, 1.82) is 0 Å². The first-order valence-corrected chi connectivity index (χ1v) is 10.7. The fourth-order valence-corrected chi connectivity index (χ4v) is 3.61. The Morgan fingerprint density at radius 2 is 1.67 bits per heavy atom. The van der Waals surface area contributed by atoms with Crippen molar-refractivity contribution in [3.8, 4) is 0 Å². The summed E-state index contributed by atoms with van der Waals surface area (Å²) >= 11 is 3.85. The molecule has 0 heterocycles. The number of rotatable bonds is 3. The summed E-state index contributed by atoms with van der Waals surface area (Å²) in [5.41, 5.74) is 2.49. The summed E-state index contributed by atoms with van der Waals surface area (Å²) in [5, 5.41) is 2.58. The highest BCUT2D eigenvalue weighted by molar-refractivity contribution is 9.10. The van der Waals surface area contributed by atoms with Crippen LogP contribution in [0, 0.1) is 0 Å². The Hall–Kier alpha value is -0.863. The molecule has 0 bridgehead atoms. The monoisotopic (exact) mass is 318 g/mol. The molecule has 1 atom stereocenters. The molecule has 2 rings (SSSR count). The van der Waals surface area contributed by atoms with Crippen molar-refractivity contribution in [3.63, 3.8) is 0 Å². The number of halogens is 1. The van der Waals surface area contributed by atoms with E-state index in [4.69, 9.17) is 0 Å². The van der Waals surface area contributed by atoms with E-state index in [2.05, 4.69) is 84.6 Å². The summed E-state index contributed by atoms with van der Waals surface area (Å²) in [6.45, 7) is 11.4. The van der Waals surface area contributed by atoms with E-state index < -0.39 is 8.07 Å². The molecule has 0 nitrogen and oxygen atoms in total. The minimum Gasteiger partial charge on any atom is -0.0944 e. The van der Waals surface area contributed by atoms with Gasteiger partial charge in [-0.25, -0.2) is 0 Å². The zero-order valence-corrected chi connectivity index (χ0v) is 13.8. The summed E-state index contributed by atoms with van der Waals surface area (Å²) in [6, 6.07) is 15.0. The molecular formula is C16H19BrSi. The van der Waals surface area contributed by atoms with Crippen LogP contribution < -0.4 is 0 Å². The fraction of sp³-hybridized carbons (Fsp3) is 0.250. The number of fused-ring (bicyclic) bond motifs is 1. The van der Waals surface area contributed by atoms with Gasteiger partial charge in [0.05, 0.1) is 8.07 Å². The average molecular weight is 319 g/mol. The van der Waals surface area contributed by atoms with E-state index in [9.17, 15) is 0 Å². The second kappa shape index (κ2) is 5.02. The highest BCUT2D eigenvalue weighted by atomic mass is 79.9. The maximum absolute atomic E-state index is 4.33. The largest absolute Gasteiger partial charge is 0.0944 e. The number of benzene rings is 2. The maximum Gasteiger partial charge on any atom is 0.0651 e. The third-order valence-electron chi connectivity index (χ3n) is 3.20. The van der Waals surface area contributed by atoms with Crippen LogP contribution in [-0.2, 0) is 0 Å². The Labute approximate surface area is 119 Å². The molecule has 0 aliphatic heterocycles. The molecule has 0 fully saturated rings. The van der Waals surface area contributed by atoms with Crippen LogP contribution in [0.3, 0.4) is 0 Å². The zero-order chi connectivity index (χ0) is 13.3. The molecule has 0 N–H and O–H groups in total. The maximum atomic E-state index is 4.33. The molecule has 18 heavy (non-hydrogen) atoms. The molecular weight excluding hydrogens is 300 g/mol. The van der Waals surface area contributed by atoms with Crippen LogP contribution in [0.5, 0.6) is 0 Å². The average Bonchev–Trinajstić information content (AvgIpc) is 2.35. The number of hydrogen-bond acceptors (Lipinski definition) is 0. The van der Waals surface area contributed by atoms with Gasteiger partial charge >= 0.3 is 0 Å². The van der Waals surface area contributed by atoms with E-state index >= 15 is 0 Å². The Morgan fingerprint density at radius 1 is 1.06 bits per heavy atom. The van der Waals surface area contributed by atoms with Crippen molar-refractivity contribution in [3.05, 3.63) is 54.6 Å². The van der Waals surface area contributed by atoms with Gasteiger partial charge < -0.3 is 0 Å². The molecule has 2 aromatic carbocycles. The highest BCUT2D eigenvalue weighted by Gasteiger charge is 2.27. The predicted molar refractivity (Wildman–Crippen MR) is 89.0 cm³/mol. The lowest BCUT2D eigenvalue weighted by Gasteiger charge is -2.26. The molecule has 0 aliphatic rings. The SMILES string of the molecule is C=C(c1cccc2ccccc12)C(Br)[Si](C)(C)C. The van der Waals surface area contributed by atoms with Gasteiger partial charge in [-0.05, 0) is 21.9 Å². The van der Waals surface area contributed by atoms with Crippen molar-refractivity contribution in [2.24, 2.45) is 0 Å². The Balaban J connectivity index is 2.52. The van der Waals surface area contributed by atoms with Crippen LogP contribution in [0.15, 0.2) is 49.0 Å². The van der Waals surface area contributed by atoms with Crippen LogP contribution in [0.2, 0.25) is 19.6 Å². The van der Waals surface area contributed by atoms with Gasteiger partial charge in [0.1, 0.15) is 0 Å². The highest BCUT2D eigenvalue weighted by Crippen LogP contribution is 2.33.